The molecule has 3 aromatic rings. The van der Waals surface area contributed by atoms with Crippen LogP contribution in [0.1, 0.15) is 61.3 Å². The number of fused-ring (bicyclic) bond motifs is 1. The highest BCUT2D eigenvalue weighted by molar-refractivity contribution is 7.84. The van der Waals surface area contributed by atoms with E-state index >= 15 is 0 Å². The Morgan fingerprint density at radius 2 is 1.80 bits per heavy atom. The first kappa shape index (κ1) is 30.6. The monoisotopic (exact) mass is 593 g/mol. The normalized spacial score (nSPS) is 19.9. The first-order chi connectivity index (χ1) is 19.6. The van der Waals surface area contributed by atoms with E-state index in [1.165, 1.54) is 12.1 Å². The van der Waals surface area contributed by atoms with Crippen LogP contribution in [-0.2, 0) is 25.9 Å². The number of carboxylic acid groups (broad SMARTS) is 1. The van der Waals surface area contributed by atoms with Crippen LogP contribution < -0.4 is 5.32 Å². The molecule has 41 heavy (non-hydrogen) atoms. The third-order valence-corrected chi connectivity index (χ3v) is 9.01. The number of rotatable bonds is 6. The molecule has 1 fully saturated rings. The number of allylic oxidation sites excluding steroid dienone is 2. The topological polar surface area (TPSA) is 83.5 Å². The lowest BCUT2D eigenvalue weighted by Gasteiger charge is -2.36. The van der Waals surface area contributed by atoms with E-state index in [1.54, 1.807) is 24.5 Å². The minimum absolute atomic E-state index is 0.145. The maximum Gasteiger partial charge on any atom is 0.307 e. The lowest BCUT2D eigenvalue weighted by Crippen LogP contribution is -2.49. The Balaban J connectivity index is 0.000000208. The molecule has 0 aliphatic heterocycles. The third-order valence-electron chi connectivity index (χ3n) is 7.75. The summed E-state index contributed by atoms with van der Waals surface area (Å²) in [4.78, 5) is 24.1. The second kappa shape index (κ2) is 13.1. The van der Waals surface area contributed by atoms with Crippen LogP contribution >= 0.6 is 11.6 Å². The largest absolute Gasteiger partial charge is 0.481 e. The maximum atomic E-state index is 13.7. The van der Waals surface area contributed by atoms with E-state index in [2.05, 4.69) is 5.32 Å². The number of carboxylic acids is 1. The van der Waals surface area contributed by atoms with Crippen molar-refractivity contribution in [2.24, 2.45) is 0 Å². The number of aliphatic carboxylic acids is 1. The van der Waals surface area contributed by atoms with Crippen LogP contribution in [0.2, 0.25) is 5.02 Å². The fourth-order valence-electron chi connectivity index (χ4n) is 5.57. The molecule has 2 unspecified atom stereocenters. The molecule has 0 radical (unpaired) electrons. The second-order valence-electron chi connectivity index (χ2n) is 10.2. The Hall–Kier alpha value is -3.39. The van der Waals surface area contributed by atoms with Gasteiger partial charge in [0, 0.05) is 33.4 Å². The highest BCUT2D eigenvalue weighted by Gasteiger charge is 2.41. The van der Waals surface area contributed by atoms with Crippen molar-refractivity contribution in [1.82, 2.24) is 5.32 Å². The predicted octanol–water partition coefficient (Wildman–Crippen LogP) is 7.26. The SMILES string of the molecule is CC1=C(CC(=O)O)c2cc(F)ccc2/C1=C\c1ccc(S(C)=O)cc1.CNC1(c2ccccc2Cl)CCCCC1=O. The van der Waals surface area contributed by atoms with Gasteiger partial charge < -0.3 is 10.4 Å². The summed E-state index contributed by atoms with van der Waals surface area (Å²) < 4.78 is 25.1. The summed E-state index contributed by atoms with van der Waals surface area (Å²) in [5.74, 6) is -1.07. The fraction of sp³-hybridized carbons (Fsp3) is 0.273. The van der Waals surface area contributed by atoms with Gasteiger partial charge >= 0.3 is 5.97 Å². The summed E-state index contributed by atoms with van der Waals surface area (Å²) in [7, 11) is 0.803. The Bertz CT molecular complexity index is 1560. The number of carbonyl (C=O) groups is 2. The molecule has 2 aliphatic rings. The van der Waals surface area contributed by atoms with E-state index in [0.29, 0.717) is 22.6 Å². The van der Waals surface area contributed by atoms with Crippen molar-refractivity contribution in [3.63, 3.8) is 0 Å². The van der Waals surface area contributed by atoms with Gasteiger partial charge in [-0.25, -0.2) is 4.39 Å². The third kappa shape index (κ3) is 6.58. The number of nitrogens with one attached hydrogen (secondary N) is 1. The van der Waals surface area contributed by atoms with Gasteiger partial charge in [0.05, 0.1) is 6.42 Å². The number of hydrogen-bond donors (Lipinski definition) is 2. The van der Waals surface area contributed by atoms with Crippen LogP contribution in [-0.4, -0.2) is 34.4 Å². The number of carbonyl (C=O) groups excluding carboxylic acids is 1. The molecule has 0 saturated heterocycles. The number of likely N-dealkylation sites (N-methyl/N-ethyl adjacent to an activating group) is 1. The quantitative estimate of drug-likeness (QED) is 0.314. The summed E-state index contributed by atoms with van der Waals surface area (Å²) >= 11 is 6.20. The van der Waals surface area contributed by atoms with Gasteiger partial charge in [-0.15, -0.1) is 0 Å². The maximum absolute atomic E-state index is 13.7. The van der Waals surface area contributed by atoms with Crippen molar-refractivity contribution in [3.05, 3.63) is 105 Å². The zero-order chi connectivity index (χ0) is 29.7. The molecule has 3 aromatic carbocycles. The minimum atomic E-state index is -1.04. The van der Waals surface area contributed by atoms with Crippen molar-refractivity contribution in [3.8, 4) is 0 Å². The molecule has 0 spiro atoms. The van der Waals surface area contributed by atoms with Gasteiger partial charge in [0.2, 0.25) is 0 Å². The molecule has 0 amide bonds. The molecule has 5 rings (SSSR count). The van der Waals surface area contributed by atoms with Crippen LogP contribution in [0.15, 0.2) is 77.2 Å². The Morgan fingerprint density at radius 3 is 2.41 bits per heavy atom. The van der Waals surface area contributed by atoms with E-state index in [4.69, 9.17) is 16.7 Å². The molecule has 0 heterocycles. The summed E-state index contributed by atoms with van der Waals surface area (Å²) in [6, 6.07) is 19.4. The van der Waals surface area contributed by atoms with Crippen molar-refractivity contribution in [2.45, 2.75) is 49.5 Å². The van der Waals surface area contributed by atoms with Crippen molar-refractivity contribution in [1.29, 1.82) is 0 Å². The molecule has 0 aromatic heterocycles. The molecular formula is C33H33ClFNO4S. The highest BCUT2D eigenvalue weighted by atomic mass is 35.5. The van der Waals surface area contributed by atoms with Gasteiger partial charge in [-0.05, 0) is 102 Å². The first-order valence-electron chi connectivity index (χ1n) is 13.4. The van der Waals surface area contributed by atoms with Crippen LogP contribution in [0, 0.1) is 5.82 Å². The van der Waals surface area contributed by atoms with E-state index in [0.717, 1.165) is 52.0 Å². The molecule has 5 nitrogen and oxygen atoms in total. The minimum Gasteiger partial charge on any atom is -0.481 e. The van der Waals surface area contributed by atoms with Crippen LogP contribution in [0.3, 0.4) is 0 Å². The van der Waals surface area contributed by atoms with Crippen LogP contribution in [0.4, 0.5) is 4.39 Å². The molecule has 8 heteroatoms. The number of hydrogen-bond acceptors (Lipinski definition) is 4. The van der Waals surface area contributed by atoms with E-state index in [1.807, 2.05) is 56.4 Å². The van der Waals surface area contributed by atoms with E-state index in [9.17, 15) is 18.2 Å². The zero-order valence-corrected chi connectivity index (χ0v) is 24.9. The summed E-state index contributed by atoms with van der Waals surface area (Å²) in [6.07, 6.45) is 6.97. The average Bonchev–Trinajstić information content (AvgIpc) is 3.19. The smallest absolute Gasteiger partial charge is 0.307 e. The van der Waals surface area contributed by atoms with Crippen molar-refractivity contribution < 1.29 is 23.3 Å². The fourth-order valence-corrected chi connectivity index (χ4v) is 6.39. The van der Waals surface area contributed by atoms with Crippen molar-refractivity contribution in [2.75, 3.05) is 13.3 Å². The van der Waals surface area contributed by atoms with Gasteiger partial charge in [0.1, 0.15) is 11.4 Å². The van der Waals surface area contributed by atoms with Gasteiger partial charge in [0.15, 0.2) is 5.78 Å². The average molecular weight is 594 g/mol. The van der Waals surface area contributed by atoms with Gasteiger partial charge in [0.25, 0.3) is 0 Å². The summed E-state index contributed by atoms with van der Waals surface area (Å²) in [6.45, 7) is 1.86. The lowest BCUT2D eigenvalue weighted by atomic mass is 9.75. The summed E-state index contributed by atoms with van der Waals surface area (Å²) in [5.41, 5.74) is 5.11. The zero-order valence-electron chi connectivity index (χ0n) is 23.3. The van der Waals surface area contributed by atoms with Crippen LogP contribution in [0.5, 0.6) is 0 Å². The number of ketones is 1. The van der Waals surface area contributed by atoms with Gasteiger partial charge in [-0.3, -0.25) is 13.8 Å². The molecule has 2 aliphatic carbocycles. The number of halogens is 2. The van der Waals surface area contributed by atoms with Gasteiger partial charge in [-0.2, -0.15) is 0 Å². The second-order valence-corrected chi connectivity index (χ2v) is 12.0. The lowest BCUT2D eigenvalue weighted by molar-refractivity contribution is -0.135. The Labute approximate surface area is 247 Å². The van der Waals surface area contributed by atoms with E-state index in [-0.39, 0.29) is 18.0 Å². The number of Topliss-reactive ketones (excluding diaryl/α,β-unsaturated/α-hetero) is 1. The number of benzene rings is 3. The Kier molecular flexibility index (Phi) is 9.74. The van der Waals surface area contributed by atoms with E-state index < -0.39 is 22.3 Å². The summed E-state index contributed by atoms with van der Waals surface area (Å²) in [5, 5.41) is 13.0. The molecular weight excluding hydrogens is 561 g/mol. The molecule has 2 atom stereocenters. The van der Waals surface area contributed by atoms with Crippen molar-refractivity contribution >= 4 is 51.4 Å². The molecule has 1 saturated carbocycles. The highest BCUT2D eigenvalue weighted by Crippen LogP contribution is 2.44. The molecule has 2 N–H and O–H groups in total. The molecule has 214 valence electrons. The molecule has 0 bridgehead atoms. The standard InChI is InChI=1S/C20H17FO3S.C13H16ClNO/c1-12-17(9-13-3-6-15(7-4-13)25(2)24)16-8-5-14(21)10-19(16)18(12)11-20(22)23;1-15-13(9-5-4-8-12(13)16)10-6-2-3-7-11(10)14/h3-10H,11H2,1-2H3,(H,22,23);2-3,6-7,15H,4-5,8-9H2,1H3/b17-9-;. The predicted molar refractivity (Wildman–Crippen MR) is 164 cm³/mol. The van der Waals surface area contributed by atoms with Crippen LogP contribution in [0.25, 0.3) is 17.2 Å². The first-order valence-corrected chi connectivity index (χ1v) is 15.4. The Morgan fingerprint density at radius 1 is 1.10 bits per heavy atom. The van der Waals surface area contributed by atoms with Gasteiger partial charge in [-0.1, -0.05) is 54.4 Å².